The molecule has 3 rings (SSSR count). The van der Waals surface area contributed by atoms with Gasteiger partial charge in [-0.15, -0.1) is 0 Å². The van der Waals surface area contributed by atoms with E-state index in [1.165, 1.54) is 0 Å². The number of hydrogen-bond acceptors (Lipinski definition) is 5. The lowest BCUT2D eigenvalue weighted by Crippen LogP contribution is -2.19. The molecule has 1 heterocycles. The van der Waals surface area contributed by atoms with Gasteiger partial charge in [-0.05, 0) is 28.8 Å². The Morgan fingerprint density at radius 2 is 1.68 bits per heavy atom. The van der Waals surface area contributed by atoms with Crippen LogP contribution in [-0.2, 0) is 20.4 Å². The molecule has 0 saturated heterocycles. The van der Waals surface area contributed by atoms with E-state index >= 15 is 0 Å². The number of benzene rings is 2. The van der Waals surface area contributed by atoms with Crippen molar-refractivity contribution in [3.63, 3.8) is 0 Å². The lowest BCUT2D eigenvalue weighted by atomic mass is 9.99. The molecule has 28 heavy (non-hydrogen) atoms. The van der Waals surface area contributed by atoms with E-state index in [1.807, 2.05) is 19.1 Å². The van der Waals surface area contributed by atoms with Crippen LogP contribution in [0.1, 0.15) is 25.3 Å². The summed E-state index contributed by atoms with van der Waals surface area (Å²) in [6.07, 6.45) is 3.26. The minimum atomic E-state index is -0.837. The van der Waals surface area contributed by atoms with E-state index in [2.05, 4.69) is 41.6 Å². The van der Waals surface area contributed by atoms with Gasteiger partial charge in [-0.2, -0.15) is 0 Å². The van der Waals surface area contributed by atoms with Crippen LogP contribution < -0.4 is 4.74 Å². The lowest BCUT2D eigenvalue weighted by Gasteiger charge is -2.12. The van der Waals surface area contributed by atoms with E-state index in [-0.39, 0.29) is 11.4 Å². The van der Waals surface area contributed by atoms with E-state index in [4.69, 9.17) is 14.3 Å². The molecule has 3 atom stereocenters. The zero-order chi connectivity index (χ0) is 19.9. The van der Waals surface area contributed by atoms with Crippen molar-refractivity contribution in [2.75, 3.05) is 26.6 Å². The van der Waals surface area contributed by atoms with Crippen LogP contribution >= 0.6 is 0 Å². The maximum absolute atomic E-state index is 11.5. The number of rotatable bonds is 9. The van der Waals surface area contributed by atoms with Crippen LogP contribution in [0.2, 0.25) is 0 Å². The Hall–Kier alpha value is -2.18. The van der Waals surface area contributed by atoms with E-state index in [0.717, 1.165) is 41.0 Å². The summed E-state index contributed by atoms with van der Waals surface area (Å²) in [6.45, 7) is 3.11. The average molecular weight is 402 g/mol. The van der Waals surface area contributed by atoms with Gasteiger partial charge in [0.25, 0.3) is 0 Å². The van der Waals surface area contributed by atoms with Gasteiger partial charge in [0.2, 0.25) is 0 Å². The Morgan fingerprint density at radius 1 is 1.07 bits per heavy atom. The molecule has 0 radical (unpaired) electrons. The van der Waals surface area contributed by atoms with Gasteiger partial charge in [-0.25, -0.2) is 0 Å². The van der Waals surface area contributed by atoms with Gasteiger partial charge in [0.1, 0.15) is 18.5 Å². The van der Waals surface area contributed by atoms with E-state index in [1.54, 1.807) is 13.4 Å². The number of nitrogens with zero attached hydrogens (tertiary/aromatic N) is 1. The summed E-state index contributed by atoms with van der Waals surface area (Å²) in [5.41, 5.74) is 4.29. The summed E-state index contributed by atoms with van der Waals surface area (Å²) in [5.74, 6) is 0.836. The van der Waals surface area contributed by atoms with Crippen molar-refractivity contribution >= 4 is 16.5 Å². The molecule has 0 aliphatic carbocycles. The fourth-order valence-electron chi connectivity index (χ4n) is 3.07. The standard InChI is InChI=1S/C22H27NO4S/c1-16(28(3)24)14-21-15-22(23-27-21)19-6-4-17(5-7-19)18-8-10-20(11-9-18)26-13-12-25-2/h4-11,16,21H,12-15H2,1-3H3. The van der Waals surface area contributed by atoms with Gasteiger partial charge in [0.15, 0.2) is 0 Å². The van der Waals surface area contributed by atoms with Crippen molar-refractivity contribution in [3.05, 3.63) is 54.1 Å². The predicted octanol–water partition coefficient (Wildman–Crippen LogP) is 4.03. The molecule has 2 aromatic rings. The predicted molar refractivity (Wildman–Crippen MR) is 113 cm³/mol. The Kier molecular flexibility index (Phi) is 7.23. The smallest absolute Gasteiger partial charge is 0.134 e. The number of hydrogen-bond donors (Lipinski definition) is 0. The monoisotopic (exact) mass is 401 g/mol. The van der Waals surface area contributed by atoms with E-state index in [9.17, 15) is 4.21 Å². The highest BCUT2D eigenvalue weighted by Gasteiger charge is 2.25. The third kappa shape index (κ3) is 5.42. The van der Waals surface area contributed by atoms with Crippen LogP contribution in [-0.4, -0.2) is 47.9 Å². The SMILES string of the molecule is COCCOc1ccc(-c2ccc(C3=NOC(CC(C)S(C)=O)C3)cc2)cc1. The largest absolute Gasteiger partial charge is 0.491 e. The van der Waals surface area contributed by atoms with Crippen molar-refractivity contribution in [2.24, 2.45) is 5.16 Å². The normalized spacial score (nSPS) is 18.2. The van der Waals surface area contributed by atoms with Crippen LogP contribution in [0, 0.1) is 0 Å². The van der Waals surface area contributed by atoms with Gasteiger partial charge in [0.05, 0.1) is 12.3 Å². The van der Waals surface area contributed by atoms with Crippen molar-refractivity contribution < 1.29 is 18.5 Å². The minimum Gasteiger partial charge on any atom is -0.491 e. The van der Waals surface area contributed by atoms with Crippen LogP contribution in [0.4, 0.5) is 0 Å². The molecule has 6 heteroatoms. The highest BCUT2D eigenvalue weighted by Crippen LogP contribution is 2.25. The maximum Gasteiger partial charge on any atom is 0.134 e. The lowest BCUT2D eigenvalue weighted by molar-refractivity contribution is 0.0794. The van der Waals surface area contributed by atoms with Crippen LogP contribution in [0.5, 0.6) is 5.75 Å². The second-order valence-electron chi connectivity index (χ2n) is 6.96. The first-order valence-corrected chi connectivity index (χ1v) is 11.1. The fraction of sp³-hybridized carbons (Fsp3) is 0.409. The third-order valence-corrected chi connectivity index (χ3v) is 6.18. The molecule has 150 valence electrons. The van der Waals surface area contributed by atoms with E-state index in [0.29, 0.717) is 13.2 Å². The van der Waals surface area contributed by atoms with E-state index < -0.39 is 10.8 Å². The van der Waals surface area contributed by atoms with Gasteiger partial charge in [-0.1, -0.05) is 48.5 Å². The van der Waals surface area contributed by atoms with Gasteiger partial charge < -0.3 is 14.3 Å². The second-order valence-corrected chi connectivity index (χ2v) is 8.76. The second kappa shape index (κ2) is 9.85. The van der Waals surface area contributed by atoms with Gasteiger partial charge >= 0.3 is 0 Å². The van der Waals surface area contributed by atoms with Gasteiger partial charge in [-0.3, -0.25) is 4.21 Å². The third-order valence-electron chi connectivity index (χ3n) is 4.86. The molecular formula is C22H27NO4S. The van der Waals surface area contributed by atoms with Gasteiger partial charge in [0, 0.05) is 42.3 Å². The number of methoxy groups -OCH3 is 1. The molecule has 0 aromatic heterocycles. The summed E-state index contributed by atoms with van der Waals surface area (Å²) in [4.78, 5) is 5.54. The molecule has 3 unspecified atom stereocenters. The molecule has 1 aliphatic heterocycles. The Balaban J connectivity index is 1.59. The van der Waals surface area contributed by atoms with Crippen molar-refractivity contribution in [1.29, 1.82) is 0 Å². The van der Waals surface area contributed by atoms with Crippen molar-refractivity contribution in [2.45, 2.75) is 31.1 Å². The zero-order valence-electron chi connectivity index (χ0n) is 16.6. The fourth-order valence-corrected chi connectivity index (χ4v) is 3.56. The first-order valence-electron chi connectivity index (χ1n) is 9.44. The zero-order valence-corrected chi connectivity index (χ0v) is 17.4. The summed E-state index contributed by atoms with van der Waals surface area (Å²) in [6, 6.07) is 16.4. The molecule has 0 bridgehead atoms. The summed E-state index contributed by atoms with van der Waals surface area (Å²) in [7, 11) is 0.823. The van der Waals surface area contributed by atoms with Crippen molar-refractivity contribution in [1.82, 2.24) is 0 Å². The first-order chi connectivity index (χ1) is 13.6. The molecule has 1 aliphatic rings. The van der Waals surface area contributed by atoms with Crippen LogP contribution in [0.15, 0.2) is 53.7 Å². The van der Waals surface area contributed by atoms with Crippen LogP contribution in [0.25, 0.3) is 11.1 Å². The molecule has 0 amide bonds. The van der Waals surface area contributed by atoms with Crippen molar-refractivity contribution in [3.8, 4) is 16.9 Å². The quantitative estimate of drug-likeness (QED) is 0.595. The minimum absolute atomic E-state index is 0.0132. The molecule has 5 nitrogen and oxygen atoms in total. The Bertz CT molecular complexity index is 817. The highest BCUT2D eigenvalue weighted by molar-refractivity contribution is 7.84. The molecule has 0 N–H and O–H groups in total. The molecule has 2 aromatic carbocycles. The Labute approximate surface area is 169 Å². The summed E-state index contributed by atoms with van der Waals surface area (Å²) in [5, 5.41) is 4.35. The topological polar surface area (TPSA) is 57.1 Å². The molecular weight excluding hydrogens is 374 g/mol. The highest BCUT2D eigenvalue weighted by atomic mass is 32.2. The summed E-state index contributed by atoms with van der Waals surface area (Å²) < 4.78 is 22.1. The number of ether oxygens (including phenoxy) is 2. The number of oxime groups is 1. The first kappa shape index (κ1) is 20.6. The molecule has 0 fully saturated rings. The average Bonchev–Trinajstić information content (AvgIpc) is 3.17. The maximum atomic E-state index is 11.5. The molecule has 0 spiro atoms. The molecule has 0 saturated carbocycles. The Morgan fingerprint density at radius 3 is 2.29 bits per heavy atom. The van der Waals surface area contributed by atoms with Crippen LogP contribution in [0.3, 0.4) is 0 Å². The summed E-state index contributed by atoms with van der Waals surface area (Å²) >= 11 is 0.